The van der Waals surface area contributed by atoms with Gasteiger partial charge in [0.2, 0.25) is 0 Å². The predicted molar refractivity (Wildman–Crippen MR) is 55.7 cm³/mol. The maximum atomic E-state index is 5.00. The molecule has 0 rings (SSSR count). The molecule has 0 atom stereocenters. The van der Waals surface area contributed by atoms with Gasteiger partial charge < -0.3 is 4.74 Å². The highest BCUT2D eigenvalue weighted by atomic mass is 16.5. The maximum absolute atomic E-state index is 5.00. The predicted octanol–water partition coefficient (Wildman–Crippen LogP) is 3.82. The molecule has 0 saturated heterocycles. The van der Waals surface area contributed by atoms with Gasteiger partial charge in [-0.3, -0.25) is 0 Å². The summed E-state index contributed by atoms with van der Waals surface area (Å²) in [7, 11) is 0. The Kier molecular flexibility index (Phi) is 10.9. The van der Waals surface area contributed by atoms with Crippen LogP contribution in [-0.4, -0.2) is 0 Å². The molecule has 0 amide bonds. The largest absolute Gasteiger partial charge is 0.465 e. The van der Waals surface area contributed by atoms with Gasteiger partial charge in [0.15, 0.2) is 0 Å². The van der Waals surface area contributed by atoms with Gasteiger partial charge in [0.1, 0.15) is 5.76 Å². The van der Waals surface area contributed by atoms with Crippen LogP contribution in [0.4, 0.5) is 0 Å². The molecule has 0 heterocycles. The van der Waals surface area contributed by atoms with Crippen molar-refractivity contribution in [2.45, 2.75) is 20.8 Å². The summed E-state index contributed by atoms with van der Waals surface area (Å²) in [6.07, 6.45) is 4.70. The van der Waals surface area contributed by atoms with E-state index >= 15 is 0 Å². The van der Waals surface area contributed by atoms with Crippen LogP contribution in [0.25, 0.3) is 0 Å². The van der Waals surface area contributed by atoms with Crippen molar-refractivity contribution in [2.24, 2.45) is 0 Å². The zero-order valence-electron chi connectivity index (χ0n) is 8.26. The number of rotatable bonds is 4. The van der Waals surface area contributed by atoms with E-state index in [0.29, 0.717) is 5.76 Å². The van der Waals surface area contributed by atoms with E-state index in [9.17, 15) is 0 Å². The minimum atomic E-state index is 0.699. The first-order valence-electron chi connectivity index (χ1n) is 3.99. The molecule has 1 heteroatoms. The average Bonchev–Trinajstić information content (AvgIpc) is 2.16. The second-order valence-corrected chi connectivity index (χ2v) is 1.74. The molecule has 0 N–H and O–H groups in total. The summed E-state index contributed by atoms with van der Waals surface area (Å²) >= 11 is 0. The van der Waals surface area contributed by atoms with E-state index in [1.165, 1.54) is 6.26 Å². The molecule has 0 aromatic rings. The Labute approximate surface area is 75.7 Å². The van der Waals surface area contributed by atoms with Crippen LogP contribution in [0.1, 0.15) is 20.8 Å². The first-order valence-corrected chi connectivity index (χ1v) is 3.99. The van der Waals surface area contributed by atoms with Gasteiger partial charge in [0.05, 0.1) is 6.26 Å². The SMILES string of the molecule is C=CO/C(C=C)=C(\C)C=C.CC. The van der Waals surface area contributed by atoms with Crippen molar-refractivity contribution in [3.05, 3.63) is 49.5 Å². The number of hydrogen-bond acceptors (Lipinski definition) is 1. The highest BCUT2D eigenvalue weighted by Gasteiger charge is 1.91. The first kappa shape index (κ1) is 13.4. The lowest BCUT2D eigenvalue weighted by molar-refractivity contribution is 0.366. The van der Waals surface area contributed by atoms with Gasteiger partial charge >= 0.3 is 0 Å². The van der Waals surface area contributed by atoms with Crippen LogP contribution in [0.3, 0.4) is 0 Å². The van der Waals surface area contributed by atoms with E-state index < -0.39 is 0 Å². The summed E-state index contributed by atoms with van der Waals surface area (Å²) in [6, 6.07) is 0. The van der Waals surface area contributed by atoms with Gasteiger partial charge in [-0.1, -0.05) is 39.7 Å². The van der Waals surface area contributed by atoms with Crippen molar-refractivity contribution in [3.63, 3.8) is 0 Å². The Morgan fingerprint density at radius 1 is 1.08 bits per heavy atom. The third-order valence-electron chi connectivity index (χ3n) is 1.09. The zero-order valence-corrected chi connectivity index (χ0v) is 8.26. The van der Waals surface area contributed by atoms with Crippen molar-refractivity contribution >= 4 is 0 Å². The summed E-state index contributed by atoms with van der Waals surface area (Å²) < 4.78 is 5.00. The molecule has 0 saturated carbocycles. The fourth-order valence-corrected chi connectivity index (χ4v) is 0.492. The van der Waals surface area contributed by atoms with Crippen LogP contribution in [0.2, 0.25) is 0 Å². The van der Waals surface area contributed by atoms with E-state index in [-0.39, 0.29) is 0 Å². The van der Waals surface area contributed by atoms with Crippen LogP contribution in [-0.2, 0) is 4.74 Å². The molecule has 0 aliphatic heterocycles. The summed E-state index contributed by atoms with van der Waals surface area (Å²) in [4.78, 5) is 0. The number of allylic oxidation sites excluding steroid dienone is 3. The Morgan fingerprint density at radius 3 is 1.83 bits per heavy atom. The lowest BCUT2D eigenvalue weighted by atomic mass is 10.2. The lowest BCUT2D eigenvalue weighted by Crippen LogP contribution is -1.83. The molecule has 0 unspecified atom stereocenters. The van der Waals surface area contributed by atoms with Crippen LogP contribution < -0.4 is 0 Å². The van der Waals surface area contributed by atoms with Crippen molar-refractivity contribution in [2.75, 3.05) is 0 Å². The molecule has 12 heavy (non-hydrogen) atoms. The molecule has 1 nitrogen and oxygen atoms in total. The fourth-order valence-electron chi connectivity index (χ4n) is 0.492. The Balaban J connectivity index is 0. The molecule has 0 fully saturated rings. The first-order chi connectivity index (χ1) is 5.76. The molecule has 0 radical (unpaired) electrons. The Bertz CT molecular complexity index is 175. The smallest absolute Gasteiger partial charge is 0.128 e. The average molecular weight is 166 g/mol. The van der Waals surface area contributed by atoms with Crippen LogP contribution in [0, 0.1) is 0 Å². The molecule has 68 valence electrons. The highest BCUT2D eigenvalue weighted by Crippen LogP contribution is 2.07. The normalized spacial score (nSPS) is 9.92. The second-order valence-electron chi connectivity index (χ2n) is 1.74. The van der Waals surface area contributed by atoms with Crippen molar-refractivity contribution < 1.29 is 4.74 Å². The van der Waals surface area contributed by atoms with Gasteiger partial charge in [0, 0.05) is 0 Å². The van der Waals surface area contributed by atoms with E-state index in [2.05, 4.69) is 19.7 Å². The van der Waals surface area contributed by atoms with Gasteiger partial charge in [-0.15, -0.1) is 0 Å². The van der Waals surface area contributed by atoms with Crippen LogP contribution >= 0.6 is 0 Å². The monoisotopic (exact) mass is 166 g/mol. The van der Waals surface area contributed by atoms with Crippen molar-refractivity contribution in [1.82, 2.24) is 0 Å². The highest BCUT2D eigenvalue weighted by molar-refractivity contribution is 5.25. The minimum Gasteiger partial charge on any atom is -0.465 e. The zero-order chi connectivity index (χ0) is 9.98. The second kappa shape index (κ2) is 9.76. The summed E-state index contributed by atoms with van der Waals surface area (Å²) in [5, 5.41) is 0. The molecular formula is C11H18O. The van der Waals surface area contributed by atoms with Gasteiger partial charge in [0.25, 0.3) is 0 Å². The Hall–Kier alpha value is -1.24. The van der Waals surface area contributed by atoms with Gasteiger partial charge in [-0.25, -0.2) is 0 Å². The van der Waals surface area contributed by atoms with Crippen molar-refractivity contribution in [1.29, 1.82) is 0 Å². The molecule has 0 bridgehead atoms. The van der Waals surface area contributed by atoms with Crippen molar-refractivity contribution in [3.8, 4) is 0 Å². The maximum Gasteiger partial charge on any atom is 0.128 e. The van der Waals surface area contributed by atoms with Crippen LogP contribution in [0.5, 0.6) is 0 Å². The van der Waals surface area contributed by atoms with Gasteiger partial charge in [-0.2, -0.15) is 0 Å². The lowest BCUT2D eigenvalue weighted by Gasteiger charge is -2.01. The van der Waals surface area contributed by atoms with E-state index in [0.717, 1.165) is 5.57 Å². The third kappa shape index (κ3) is 5.54. The standard InChI is InChI=1S/C9H12O.C2H6/c1-5-8(4)9(6-2)10-7-3;1-2/h5-7H,1-3H2,4H3;1-2H3/b9-8+;. The van der Waals surface area contributed by atoms with Gasteiger partial charge in [-0.05, 0) is 18.6 Å². The minimum absolute atomic E-state index is 0.699. The fraction of sp³-hybridized carbons (Fsp3) is 0.273. The van der Waals surface area contributed by atoms with Crippen LogP contribution in [0.15, 0.2) is 49.5 Å². The molecule has 0 aromatic heterocycles. The molecule has 0 spiro atoms. The Morgan fingerprint density at radius 2 is 1.58 bits per heavy atom. The number of ether oxygens (including phenoxy) is 1. The topological polar surface area (TPSA) is 9.23 Å². The van der Waals surface area contributed by atoms with E-state index in [1.54, 1.807) is 12.2 Å². The molecule has 0 aliphatic rings. The molecule has 0 aliphatic carbocycles. The quantitative estimate of drug-likeness (QED) is 0.455. The summed E-state index contributed by atoms with van der Waals surface area (Å²) in [5.41, 5.74) is 0.954. The summed E-state index contributed by atoms with van der Waals surface area (Å²) in [6.45, 7) is 16.5. The van der Waals surface area contributed by atoms with E-state index in [1.807, 2.05) is 20.8 Å². The molecule has 0 aromatic carbocycles. The third-order valence-corrected chi connectivity index (χ3v) is 1.09. The molecular weight excluding hydrogens is 148 g/mol. The number of hydrogen-bond donors (Lipinski definition) is 0. The van der Waals surface area contributed by atoms with E-state index in [4.69, 9.17) is 4.74 Å². The summed E-state index contributed by atoms with van der Waals surface area (Å²) in [5.74, 6) is 0.699.